The molecule has 0 aromatic carbocycles. The second kappa shape index (κ2) is 5.49. The van der Waals surface area contributed by atoms with E-state index >= 15 is 0 Å². The zero-order chi connectivity index (χ0) is 15.2. The third-order valence-electron chi connectivity index (χ3n) is 3.56. The van der Waals surface area contributed by atoms with Crippen LogP contribution in [0.25, 0.3) is 6.08 Å². The minimum atomic E-state index is -3.03. The Balaban J connectivity index is 1.86. The van der Waals surface area contributed by atoms with Crippen molar-refractivity contribution < 1.29 is 13.2 Å². The van der Waals surface area contributed by atoms with E-state index in [-0.39, 0.29) is 23.5 Å². The molecule has 0 bridgehead atoms. The number of hydrogen-bond donors (Lipinski definition) is 0. The second-order valence-electron chi connectivity index (χ2n) is 5.08. The Bertz CT molecular complexity index is 747. The molecule has 8 heteroatoms. The Morgan fingerprint density at radius 2 is 2.24 bits per heavy atom. The van der Waals surface area contributed by atoms with E-state index in [1.165, 1.54) is 16.7 Å². The SMILES string of the molecule is Cc1ccsc1/C=C1/SC(=S)N(C2CCS(=O)(=O)C2)C1=O. The van der Waals surface area contributed by atoms with Crippen LogP contribution in [0.1, 0.15) is 16.9 Å². The van der Waals surface area contributed by atoms with E-state index in [2.05, 4.69) is 0 Å². The maximum atomic E-state index is 12.5. The number of sulfone groups is 1. The van der Waals surface area contributed by atoms with Crippen LogP contribution in [-0.4, -0.2) is 41.1 Å². The van der Waals surface area contributed by atoms with E-state index < -0.39 is 9.84 Å². The van der Waals surface area contributed by atoms with Crippen molar-refractivity contribution in [1.82, 2.24) is 4.90 Å². The average Bonchev–Trinajstić information content (AvgIpc) is 3.02. The van der Waals surface area contributed by atoms with Gasteiger partial charge in [-0.15, -0.1) is 11.3 Å². The smallest absolute Gasteiger partial charge is 0.266 e. The molecule has 2 aliphatic heterocycles. The van der Waals surface area contributed by atoms with Crippen LogP contribution >= 0.6 is 35.3 Å². The van der Waals surface area contributed by atoms with Gasteiger partial charge in [0.25, 0.3) is 5.91 Å². The highest BCUT2D eigenvalue weighted by atomic mass is 32.2. The number of hydrogen-bond acceptors (Lipinski definition) is 6. The van der Waals surface area contributed by atoms with Crippen LogP contribution < -0.4 is 0 Å². The number of thiocarbonyl (C=S) groups is 1. The fraction of sp³-hybridized carbons (Fsp3) is 0.385. The van der Waals surface area contributed by atoms with Gasteiger partial charge < -0.3 is 0 Å². The van der Waals surface area contributed by atoms with Crippen molar-refractivity contribution in [3.8, 4) is 0 Å². The van der Waals surface area contributed by atoms with E-state index in [1.54, 1.807) is 11.3 Å². The molecule has 0 saturated carbocycles. The summed E-state index contributed by atoms with van der Waals surface area (Å²) in [5.41, 5.74) is 1.12. The Morgan fingerprint density at radius 3 is 2.81 bits per heavy atom. The number of nitrogens with zero attached hydrogens (tertiary/aromatic N) is 1. The number of carbonyl (C=O) groups excluding carboxylic acids is 1. The molecule has 0 spiro atoms. The van der Waals surface area contributed by atoms with Crippen molar-refractivity contribution in [3.63, 3.8) is 0 Å². The lowest BCUT2D eigenvalue weighted by atomic mass is 10.2. The maximum absolute atomic E-state index is 12.5. The Morgan fingerprint density at radius 1 is 1.48 bits per heavy atom. The van der Waals surface area contributed by atoms with E-state index in [0.29, 0.717) is 15.6 Å². The van der Waals surface area contributed by atoms with Gasteiger partial charge in [0.2, 0.25) is 0 Å². The van der Waals surface area contributed by atoms with Crippen molar-refractivity contribution in [3.05, 3.63) is 26.8 Å². The first-order valence-corrected chi connectivity index (χ1v) is 10.3. The Hall–Kier alpha value is -0.700. The number of amides is 1. The molecule has 112 valence electrons. The molecule has 2 fully saturated rings. The summed E-state index contributed by atoms with van der Waals surface area (Å²) in [5.74, 6) is -0.0114. The summed E-state index contributed by atoms with van der Waals surface area (Å²) in [5, 5.41) is 1.98. The van der Waals surface area contributed by atoms with Crippen LogP contribution in [0.5, 0.6) is 0 Å². The minimum absolute atomic E-state index is 0.0186. The summed E-state index contributed by atoms with van der Waals surface area (Å²) in [6.07, 6.45) is 2.32. The quantitative estimate of drug-likeness (QED) is 0.600. The van der Waals surface area contributed by atoms with Gasteiger partial charge in [0.1, 0.15) is 4.32 Å². The van der Waals surface area contributed by atoms with Crippen LogP contribution in [0.3, 0.4) is 0 Å². The van der Waals surface area contributed by atoms with E-state index in [4.69, 9.17) is 12.2 Å². The molecule has 0 radical (unpaired) electrons. The molecule has 2 saturated heterocycles. The Kier molecular flexibility index (Phi) is 3.98. The third kappa shape index (κ3) is 2.94. The van der Waals surface area contributed by atoms with Gasteiger partial charge in [0, 0.05) is 4.88 Å². The highest BCUT2D eigenvalue weighted by Crippen LogP contribution is 2.37. The number of rotatable bonds is 2. The van der Waals surface area contributed by atoms with E-state index in [1.807, 2.05) is 24.4 Å². The lowest BCUT2D eigenvalue weighted by Gasteiger charge is -2.20. The van der Waals surface area contributed by atoms with Crippen molar-refractivity contribution in [2.75, 3.05) is 11.5 Å². The van der Waals surface area contributed by atoms with E-state index in [9.17, 15) is 13.2 Å². The van der Waals surface area contributed by atoms with Gasteiger partial charge in [-0.1, -0.05) is 24.0 Å². The summed E-state index contributed by atoms with van der Waals surface area (Å²) in [6, 6.07) is 1.69. The molecule has 0 aliphatic carbocycles. The van der Waals surface area contributed by atoms with Crippen LogP contribution in [0.2, 0.25) is 0 Å². The highest BCUT2D eigenvalue weighted by molar-refractivity contribution is 8.26. The number of aryl methyl sites for hydroxylation is 1. The van der Waals surface area contributed by atoms with Crippen LogP contribution in [0.15, 0.2) is 16.4 Å². The lowest BCUT2D eigenvalue weighted by Crippen LogP contribution is -2.39. The van der Waals surface area contributed by atoms with E-state index in [0.717, 1.165) is 10.4 Å². The molecule has 21 heavy (non-hydrogen) atoms. The summed E-state index contributed by atoms with van der Waals surface area (Å²) >= 11 is 8.10. The predicted molar refractivity (Wildman–Crippen MR) is 91.1 cm³/mol. The lowest BCUT2D eigenvalue weighted by molar-refractivity contribution is -0.123. The zero-order valence-corrected chi connectivity index (χ0v) is 14.5. The molecular weight excluding hydrogens is 346 g/mol. The molecule has 1 unspecified atom stereocenters. The largest absolute Gasteiger partial charge is 0.289 e. The molecule has 0 N–H and O–H groups in total. The molecular formula is C13H13NO3S4. The predicted octanol–water partition coefficient (Wildman–Crippen LogP) is 2.44. The number of thioether (sulfide) groups is 1. The maximum Gasteiger partial charge on any atom is 0.266 e. The third-order valence-corrected chi connectivity index (χ3v) is 7.61. The topological polar surface area (TPSA) is 54.5 Å². The van der Waals surface area contributed by atoms with Crippen molar-refractivity contribution >= 4 is 61.5 Å². The molecule has 1 aromatic rings. The number of thiophene rings is 1. The monoisotopic (exact) mass is 359 g/mol. The van der Waals surface area contributed by atoms with Crippen LogP contribution in [0.4, 0.5) is 0 Å². The molecule has 1 amide bonds. The summed E-state index contributed by atoms with van der Waals surface area (Å²) < 4.78 is 23.6. The first kappa shape index (κ1) is 15.2. The zero-order valence-electron chi connectivity index (χ0n) is 11.2. The fourth-order valence-electron chi connectivity index (χ4n) is 2.43. The summed E-state index contributed by atoms with van der Waals surface area (Å²) in [7, 11) is -3.03. The van der Waals surface area contributed by atoms with Gasteiger partial charge in [-0.05, 0) is 36.4 Å². The van der Waals surface area contributed by atoms with Gasteiger partial charge >= 0.3 is 0 Å². The van der Waals surface area contributed by atoms with Gasteiger partial charge in [-0.3, -0.25) is 9.69 Å². The van der Waals surface area contributed by atoms with Crippen molar-refractivity contribution in [2.24, 2.45) is 0 Å². The molecule has 1 aromatic heterocycles. The van der Waals surface area contributed by atoms with Gasteiger partial charge in [0.05, 0.1) is 22.5 Å². The second-order valence-corrected chi connectivity index (χ2v) is 9.93. The summed E-state index contributed by atoms with van der Waals surface area (Å²) in [4.78, 5) is 15.6. The highest BCUT2D eigenvalue weighted by Gasteiger charge is 2.42. The fourth-order valence-corrected chi connectivity index (χ4v) is 6.44. The minimum Gasteiger partial charge on any atom is -0.289 e. The first-order chi connectivity index (χ1) is 9.87. The van der Waals surface area contributed by atoms with Crippen molar-refractivity contribution in [1.29, 1.82) is 0 Å². The molecule has 2 aliphatic rings. The van der Waals surface area contributed by atoms with Crippen LogP contribution in [0, 0.1) is 6.92 Å². The molecule has 1 atom stereocenters. The number of carbonyl (C=O) groups is 1. The van der Waals surface area contributed by atoms with Gasteiger partial charge in [-0.2, -0.15) is 0 Å². The molecule has 3 rings (SSSR count). The average molecular weight is 360 g/mol. The first-order valence-electron chi connectivity index (χ1n) is 6.39. The van der Waals surface area contributed by atoms with Gasteiger partial charge in [-0.25, -0.2) is 8.42 Å². The molecule has 4 nitrogen and oxygen atoms in total. The normalized spacial score (nSPS) is 27.0. The molecule has 3 heterocycles. The standard InChI is InChI=1S/C13H13NO3S4/c1-8-2-4-19-10(8)6-11-12(15)14(13(18)20-11)9-3-5-21(16,17)7-9/h2,4,6,9H,3,5,7H2,1H3/b11-6+. The van der Waals surface area contributed by atoms with Crippen LogP contribution in [-0.2, 0) is 14.6 Å². The Labute approximate surface area is 137 Å². The van der Waals surface area contributed by atoms with Gasteiger partial charge in [0.15, 0.2) is 9.84 Å². The van der Waals surface area contributed by atoms with Crippen molar-refractivity contribution in [2.45, 2.75) is 19.4 Å². The summed E-state index contributed by atoms with van der Waals surface area (Å²) in [6.45, 7) is 1.99.